The molecular weight excluding hydrogens is 358 g/mol. The monoisotopic (exact) mass is 393 g/mol. The molecule has 1 aliphatic carbocycles. The Labute approximate surface area is 167 Å². The second kappa shape index (κ2) is 9.89. The van der Waals surface area contributed by atoms with Gasteiger partial charge in [0.05, 0.1) is 13.2 Å². The first-order valence-corrected chi connectivity index (χ1v) is 11.3. The molecule has 152 valence electrons. The number of thiophene rings is 1. The number of aliphatic imine (C=N–C) groups is 1. The molecule has 3 rings (SSSR count). The van der Waals surface area contributed by atoms with E-state index in [0.29, 0.717) is 13.2 Å². The van der Waals surface area contributed by atoms with E-state index in [0.717, 1.165) is 38.5 Å². The van der Waals surface area contributed by atoms with Gasteiger partial charge in [-0.15, -0.1) is 11.3 Å². The lowest BCUT2D eigenvalue weighted by molar-refractivity contribution is 0.131. The number of hydrogen-bond donors (Lipinski definition) is 3. The number of guanidine groups is 1. The van der Waals surface area contributed by atoms with Gasteiger partial charge in [0.15, 0.2) is 5.96 Å². The molecule has 6 heteroatoms. The van der Waals surface area contributed by atoms with E-state index in [2.05, 4.69) is 35.1 Å². The highest BCUT2D eigenvalue weighted by atomic mass is 32.1. The Hall–Kier alpha value is -1.11. The SMILES string of the molecule is CCNC(=NCC1(CCO)CCOC1)NCC1(c2cccs2)CCCCC1. The fraction of sp³-hybridized carbons (Fsp3) is 0.762. The van der Waals surface area contributed by atoms with Gasteiger partial charge in [-0.05, 0) is 44.1 Å². The van der Waals surface area contributed by atoms with Crippen LogP contribution >= 0.6 is 11.3 Å². The number of aliphatic hydroxyl groups excluding tert-OH is 1. The summed E-state index contributed by atoms with van der Waals surface area (Å²) in [5.41, 5.74) is 0.231. The van der Waals surface area contributed by atoms with Gasteiger partial charge in [-0.1, -0.05) is 25.3 Å². The van der Waals surface area contributed by atoms with Gasteiger partial charge in [-0.2, -0.15) is 0 Å². The summed E-state index contributed by atoms with van der Waals surface area (Å²) in [4.78, 5) is 6.40. The molecule has 1 saturated heterocycles. The maximum atomic E-state index is 9.44. The summed E-state index contributed by atoms with van der Waals surface area (Å²) in [5.74, 6) is 0.892. The van der Waals surface area contributed by atoms with Gasteiger partial charge in [0, 0.05) is 42.0 Å². The summed E-state index contributed by atoms with van der Waals surface area (Å²) in [6, 6.07) is 4.47. The predicted molar refractivity (Wildman–Crippen MR) is 113 cm³/mol. The third-order valence-corrected chi connectivity index (χ3v) is 7.31. The minimum Gasteiger partial charge on any atom is -0.396 e. The van der Waals surface area contributed by atoms with Crippen LogP contribution in [0.2, 0.25) is 0 Å². The molecule has 27 heavy (non-hydrogen) atoms. The van der Waals surface area contributed by atoms with Crippen LogP contribution in [0, 0.1) is 5.41 Å². The van der Waals surface area contributed by atoms with Crippen molar-refractivity contribution in [1.82, 2.24) is 10.6 Å². The summed E-state index contributed by atoms with van der Waals surface area (Å²) in [5, 5.41) is 18.7. The molecule has 0 radical (unpaired) electrons. The van der Waals surface area contributed by atoms with Crippen molar-refractivity contribution in [3.8, 4) is 0 Å². The van der Waals surface area contributed by atoms with Crippen LogP contribution in [0.25, 0.3) is 0 Å². The number of aliphatic hydroxyl groups is 1. The van der Waals surface area contributed by atoms with Crippen LogP contribution in [-0.4, -0.2) is 50.5 Å². The molecular formula is C21H35N3O2S. The van der Waals surface area contributed by atoms with Gasteiger partial charge in [-0.3, -0.25) is 4.99 Å². The van der Waals surface area contributed by atoms with E-state index in [4.69, 9.17) is 9.73 Å². The van der Waals surface area contributed by atoms with E-state index in [1.165, 1.54) is 37.0 Å². The Balaban J connectivity index is 1.67. The molecule has 1 unspecified atom stereocenters. The van der Waals surface area contributed by atoms with E-state index in [9.17, 15) is 5.11 Å². The van der Waals surface area contributed by atoms with Crippen molar-refractivity contribution in [3.63, 3.8) is 0 Å². The minimum absolute atomic E-state index is 0.00657. The highest BCUT2D eigenvalue weighted by molar-refractivity contribution is 7.10. The van der Waals surface area contributed by atoms with E-state index >= 15 is 0 Å². The summed E-state index contributed by atoms with van der Waals surface area (Å²) < 4.78 is 5.61. The molecule has 2 fully saturated rings. The lowest BCUT2D eigenvalue weighted by atomic mass is 9.73. The summed E-state index contributed by atoms with van der Waals surface area (Å²) >= 11 is 1.89. The highest BCUT2D eigenvalue weighted by Crippen LogP contribution is 2.41. The van der Waals surface area contributed by atoms with Gasteiger partial charge in [-0.25, -0.2) is 0 Å². The normalized spacial score (nSPS) is 25.5. The van der Waals surface area contributed by atoms with Crippen molar-refractivity contribution in [2.75, 3.05) is 39.5 Å². The van der Waals surface area contributed by atoms with Gasteiger partial charge < -0.3 is 20.5 Å². The molecule has 5 nitrogen and oxygen atoms in total. The number of rotatable bonds is 8. The fourth-order valence-corrected chi connectivity index (χ4v) is 5.44. The van der Waals surface area contributed by atoms with Crippen LogP contribution in [0.4, 0.5) is 0 Å². The molecule has 1 aromatic rings. The molecule has 0 amide bonds. The Morgan fingerprint density at radius 3 is 2.74 bits per heavy atom. The van der Waals surface area contributed by atoms with Crippen molar-refractivity contribution in [2.45, 2.75) is 57.3 Å². The van der Waals surface area contributed by atoms with Crippen LogP contribution in [0.5, 0.6) is 0 Å². The molecule has 2 aliphatic rings. The molecule has 0 bridgehead atoms. The van der Waals surface area contributed by atoms with E-state index in [-0.39, 0.29) is 17.4 Å². The first-order valence-electron chi connectivity index (χ1n) is 10.5. The molecule has 3 N–H and O–H groups in total. The molecule has 0 spiro atoms. The summed E-state index contributed by atoms with van der Waals surface area (Å²) in [6.45, 7) is 6.27. The Kier molecular flexibility index (Phi) is 7.56. The molecule has 1 saturated carbocycles. The number of hydrogen-bond acceptors (Lipinski definition) is 4. The second-order valence-electron chi connectivity index (χ2n) is 8.14. The molecule has 2 heterocycles. The topological polar surface area (TPSA) is 65.9 Å². The quantitative estimate of drug-likeness (QED) is 0.468. The third kappa shape index (κ3) is 5.24. The minimum atomic E-state index is -0.00657. The first kappa shape index (κ1) is 20.6. The van der Waals surface area contributed by atoms with Gasteiger partial charge >= 0.3 is 0 Å². The van der Waals surface area contributed by atoms with Crippen molar-refractivity contribution >= 4 is 17.3 Å². The summed E-state index contributed by atoms with van der Waals surface area (Å²) in [7, 11) is 0. The van der Waals surface area contributed by atoms with Crippen LogP contribution in [0.1, 0.15) is 56.7 Å². The van der Waals surface area contributed by atoms with Crippen LogP contribution in [0.3, 0.4) is 0 Å². The van der Waals surface area contributed by atoms with Crippen molar-refractivity contribution in [2.24, 2.45) is 10.4 Å². The van der Waals surface area contributed by atoms with E-state index < -0.39 is 0 Å². The largest absolute Gasteiger partial charge is 0.396 e. The van der Waals surface area contributed by atoms with Crippen molar-refractivity contribution in [1.29, 1.82) is 0 Å². The number of nitrogens with one attached hydrogen (secondary N) is 2. The summed E-state index contributed by atoms with van der Waals surface area (Å²) in [6.07, 6.45) is 8.22. The van der Waals surface area contributed by atoms with Gasteiger partial charge in [0.2, 0.25) is 0 Å². The number of ether oxygens (including phenoxy) is 1. The average molecular weight is 394 g/mol. The Morgan fingerprint density at radius 1 is 1.26 bits per heavy atom. The molecule has 1 aromatic heterocycles. The van der Waals surface area contributed by atoms with Crippen LogP contribution in [0.15, 0.2) is 22.5 Å². The lowest BCUT2D eigenvalue weighted by Crippen LogP contribution is -2.46. The smallest absolute Gasteiger partial charge is 0.191 e. The first-order chi connectivity index (χ1) is 13.2. The van der Waals surface area contributed by atoms with Crippen molar-refractivity contribution in [3.05, 3.63) is 22.4 Å². The standard InChI is InChI=1S/C21H35N3O2S/c1-2-22-19(23-15-20(10-12-25)11-13-26-17-20)24-16-21(8-4-3-5-9-21)18-7-6-14-27-18/h6-7,14,25H,2-5,8-13,15-17H2,1H3,(H2,22,23,24). The zero-order chi connectivity index (χ0) is 19.0. The fourth-order valence-electron chi connectivity index (χ4n) is 4.45. The van der Waals surface area contributed by atoms with Crippen LogP contribution < -0.4 is 10.6 Å². The van der Waals surface area contributed by atoms with E-state index in [1.54, 1.807) is 0 Å². The van der Waals surface area contributed by atoms with E-state index in [1.807, 2.05) is 11.3 Å². The maximum Gasteiger partial charge on any atom is 0.191 e. The highest BCUT2D eigenvalue weighted by Gasteiger charge is 2.36. The molecule has 1 atom stereocenters. The third-order valence-electron chi connectivity index (χ3n) is 6.19. The van der Waals surface area contributed by atoms with Crippen molar-refractivity contribution < 1.29 is 9.84 Å². The lowest BCUT2D eigenvalue weighted by Gasteiger charge is -2.37. The van der Waals surface area contributed by atoms with Gasteiger partial charge in [0.1, 0.15) is 0 Å². The number of nitrogens with zero attached hydrogens (tertiary/aromatic N) is 1. The Bertz CT molecular complexity index is 576. The second-order valence-corrected chi connectivity index (χ2v) is 9.09. The zero-order valence-corrected chi connectivity index (χ0v) is 17.5. The molecule has 0 aromatic carbocycles. The average Bonchev–Trinajstić information content (AvgIpc) is 3.38. The zero-order valence-electron chi connectivity index (χ0n) is 16.6. The van der Waals surface area contributed by atoms with Gasteiger partial charge in [0.25, 0.3) is 0 Å². The predicted octanol–water partition coefficient (Wildman–Crippen LogP) is 3.29. The Morgan fingerprint density at radius 2 is 2.11 bits per heavy atom. The maximum absolute atomic E-state index is 9.44. The van der Waals surface area contributed by atoms with Crippen LogP contribution in [-0.2, 0) is 10.2 Å². The molecule has 1 aliphatic heterocycles.